The number of nitrogens with zero attached hydrogens (tertiary/aromatic N) is 16. The van der Waals surface area contributed by atoms with Crippen LogP contribution >= 0.6 is 0 Å². The second-order valence-corrected chi connectivity index (χ2v) is 37.5. The molecule has 4 saturated heterocycles. The maximum atomic E-state index is 14.4. The molecular formula is C108H138F6N16O7. The van der Waals surface area contributed by atoms with E-state index in [1.54, 1.807) is 43.9 Å². The molecule has 4 aromatic heterocycles. The number of morpholine rings is 3. The zero-order chi connectivity index (χ0) is 97.2. The van der Waals surface area contributed by atoms with Crippen LogP contribution in [0.4, 0.5) is 26.3 Å². The summed E-state index contributed by atoms with van der Waals surface area (Å²) in [4.78, 5) is 89.0. The van der Waals surface area contributed by atoms with E-state index in [0.717, 1.165) is 286 Å². The lowest BCUT2D eigenvalue weighted by molar-refractivity contribution is 0.0341. The van der Waals surface area contributed by atoms with Crippen LogP contribution in [0.15, 0.2) is 158 Å². The number of carbonyl (C=O) groups excluding carboxylic acids is 4. The number of benzene rings is 8. The summed E-state index contributed by atoms with van der Waals surface area (Å²) in [6.45, 7) is 45.4. The highest BCUT2D eigenvalue weighted by molar-refractivity contribution is 5.96. The monoisotopic (exact) mass is 1890 g/mol. The molecule has 4 amide bonds. The summed E-state index contributed by atoms with van der Waals surface area (Å²) in [5, 5.41) is 0. The highest BCUT2D eigenvalue weighted by Gasteiger charge is 2.30. The minimum Gasteiger partial charge on any atom is -0.379 e. The third-order valence-corrected chi connectivity index (χ3v) is 25.3. The number of aryl methyl sites for hydroxylation is 4. The van der Waals surface area contributed by atoms with Crippen LogP contribution < -0.4 is 0 Å². The summed E-state index contributed by atoms with van der Waals surface area (Å²) in [6.07, 6.45) is 7.77. The van der Waals surface area contributed by atoms with Crippen molar-refractivity contribution in [1.29, 1.82) is 0 Å². The highest BCUT2D eigenvalue weighted by atomic mass is 19.1. The van der Waals surface area contributed by atoms with E-state index in [1.165, 1.54) is 59.4 Å². The number of ether oxygens (including phenoxy) is 3. The van der Waals surface area contributed by atoms with Crippen molar-refractivity contribution < 1.29 is 59.7 Å². The van der Waals surface area contributed by atoms with Crippen molar-refractivity contribution in [3.05, 3.63) is 260 Å². The maximum Gasteiger partial charge on any atom is 0.257 e. The Kier molecular flexibility index (Phi) is 38.0. The predicted molar refractivity (Wildman–Crippen MR) is 527 cm³/mol. The van der Waals surface area contributed by atoms with Gasteiger partial charge in [0.25, 0.3) is 23.6 Å². The molecular weight excluding hydrogens is 1750 g/mol. The summed E-state index contributed by atoms with van der Waals surface area (Å²) in [6, 6.07) is 43.6. The molecule has 0 aliphatic carbocycles. The van der Waals surface area contributed by atoms with Crippen molar-refractivity contribution in [1.82, 2.24) is 77.4 Å². The van der Waals surface area contributed by atoms with Gasteiger partial charge < -0.3 is 52.1 Å². The minimum atomic E-state index is -0.722. The lowest BCUT2D eigenvalue weighted by Crippen LogP contribution is -2.35. The summed E-state index contributed by atoms with van der Waals surface area (Å²) < 4.78 is 109. The molecule has 0 saturated carbocycles. The molecule has 734 valence electrons. The van der Waals surface area contributed by atoms with E-state index < -0.39 is 46.7 Å². The number of hydrogen-bond acceptors (Lipinski definition) is 15. The summed E-state index contributed by atoms with van der Waals surface area (Å²) in [5.41, 5.74) is 13.1. The lowest BCUT2D eigenvalue weighted by Gasteiger charge is -2.30. The number of halogens is 6. The molecule has 0 N–H and O–H groups in total. The fourth-order valence-corrected chi connectivity index (χ4v) is 18.5. The van der Waals surface area contributed by atoms with Crippen LogP contribution in [0.25, 0.3) is 44.1 Å². The molecule has 23 nitrogen and oxygen atoms in total. The van der Waals surface area contributed by atoms with E-state index in [9.17, 15) is 45.5 Å². The standard InChI is InChI=1S/C28H36F2N4O.C27H34F2N4O2.C27H35FN4O2.C26H33FN4O2/c1-4-12-33(28(35)23-17-22(29)7-8-24(23)30)19-27-31-25-16-21(6-9-26(25)34(27)13-5-2)18-32-14-10-20(3)11-15-32;1-4-9-33-25-8-5-20(17-31-10-12-35-13-11-31)14-24(25)30-26(33)18-32(16-19(2)3)27(34)22-15-21(28)6-7-23(22)29;1-4-10-32-25-9-8-21(18-30-11-13-34-14-12-30)15-24(25)29-26(32)19-31(17-20(2)3)27(33)22-6-5-7-23(28)16-22;1-3-10-30(26(32)21-6-5-7-22(27)17-21)19-25-28-23-16-20(18-29-12-14-33-15-13-29)8-9-24(23)31(25)11-4-2/h6-9,16-17,20H,4-5,10-15,18-19H2,1-3H3;5-8,14-15,19H,4,9-13,16-18H2,1-3H3;5-9,15-16,20H,4,10-14,17-19H2,1-3H3;5-9,16-17H,3-4,10-15,18-19H2,1-2H3. The number of fused-ring (bicyclic) bond motifs is 4. The SMILES string of the molecule is CCCN(Cc1nc2cc(CN3CCC(C)CC3)ccc2n1CCC)C(=O)c1cc(F)ccc1F.CCCN(Cc1nc2cc(CN3CCOCC3)ccc2n1CCC)C(=O)c1cccc(F)c1.CCCn1c(CN(CC(C)C)C(=O)c2cc(F)ccc2F)nc2cc(CN3CCOCC3)ccc21.CCCn1c(CN(CC(C)C)C(=O)c2cccc(F)c2)nc2cc(CN3CCOCC3)ccc21. The second-order valence-electron chi connectivity index (χ2n) is 37.5. The Labute approximate surface area is 803 Å². The van der Waals surface area contributed by atoms with Crippen molar-refractivity contribution in [3.8, 4) is 0 Å². The van der Waals surface area contributed by atoms with Crippen molar-refractivity contribution in [2.24, 2.45) is 17.8 Å². The van der Waals surface area contributed by atoms with Crippen LogP contribution in [0.1, 0.15) is 215 Å². The van der Waals surface area contributed by atoms with Crippen LogP contribution in [0.2, 0.25) is 0 Å². The van der Waals surface area contributed by atoms with Gasteiger partial charge in [-0.2, -0.15) is 0 Å². The largest absolute Gasteiger partial charge is 0.379 e. The topological polar surface area (TPSA) is 193 Å². The number of likely N-dealkylation sites (tertiary alicyclic amines) is 1. The number of amides is 4. The molecule has 8 heterocycles. The fourth-order valence-electron chi connectivity index (χ4n) is 18.5. The van der Waals surface area contributed by atoms with Gasteiger partial charge in [-0.1, -0.05) is 113 Å². The Morgan fingerprint density at radius 2 is 0.628 bits per heavy atom. The predicted octanol–water partition coefficient (Wildman–Crippen LogP) is 20.0. The molecule has 12 aromatic rings. The smallest absolute Gasteiger partial charge is 0.257 e. The van der Waals surface area contributed by atoms with Crippen molar-refractivity contribution in [2.45, 2.75) is 206 Å². The zero-order valence-corrected chi connectivity index (χ0v) is 81.9. The number of carbonyl (C=O) groups is 4. The molecule has 0 unspecified atom stereocenters. The molecule has 4 fully saturated rings. The molecule has 4 aliphatic rings. The van der Waals surface area contributed by atoms with Gasteiger partial charge >= 0.3 is 0 Å². The van der Waals surface area contributed by atoms with E-state index in [0.29, 0.717) is 56.8 Å². The van der Waals surface area contributed by atoms with Gasteiger partial charge in [-0.05, 0) is 226 Å². The molecule has 0 bridgehead atoms. The van der Waals surface area contributed by atoms with Crippen LogP contribution in [0, 0.1) is 52.7 Å². The average molecular weight is 1890 g/mol. The van der Waals surface area contributed by atoms with Gasteiger partial charge in [-0.15, -0.1) is 0 Å². The Morgan fingerprint density at radius 3 is 0.934 bits per heavy atom. The quantitative estimate of drug-likeness (QED) is 0.0336. The molecule has 8 aromatic carbocycles. The van der Waals surface area contributed by atoms with Crippen LogP contribution in [-0.4, -0.2) is 219 Å². The van der Waals surface area contributed by atoms with Gasteiger partial charge in [-0.25, -0.2) is 46.3 Å². The first-order valence-electron chi connectivity index (χ1n) is 49.4. The van der Waals surface area contributed by atoms with E-state index in [4.69, 9.17) is 34.1 Å². The summed E-state index contributed by atoms with van der Waals surface area (Å²) in [5.74, 6) is -0.392. The molecule has 0 atom stereocenters. The highest BCUT2D eigenvalue weighted by Crippen LogP contribution is 2.31. The van der Waals surface area contributed by atoms with Gasteiger partial charge in [0.05, 0.1) is 121 Å². The Bertz CT molecular complexity index is 5990. The molecule has 0 spiro atoms. The molecule has 16 rings (SSSR count). The lowest BCUT2D eigenvalue weighted by atomic mass is 9.99. The van der Waals surface area contributed by atoms with E-state index in [-0.39, 0.29) is 47.9 Å². The molecule has 29 heteroatoms. The maximum absolute atomic E-state index is 14.4. The van der Waals surface area contributed by atoms with Crippen molar-refractivity contribution in [3.63, 3.8) is 0 Å². The van der Waals surface area contributed by atoms with E-state index >= 15 is 0 Å². The van der Waals surface area contributed by atoms with Gasteiger partial charge in [0.2, 0.25) is 0 Å². The molecule has 137 heavy (non-hydrogen) atoms. The summed E-state index contributed by atoms with van der Waals surface area (Å²) >= 11 is 0. The first-order valence-corrected chi connectivity index (χ1v) is 49.4. The molecule has 4 aliphatic heterocycles. The number of piperidine rings is 1. The third kappa shape index (κ3) is 28.1. The summed E-state index contributed by atoms with van der Waals surface area (Å²) in [7, 11) is 0. The normalized spacial score (nSPS) is 14.8. The van der Waals surface area contributed by atoms with Crippen LogP contribution in [-0.2, 0) is 92.7 Å². The molecule has 0 radical (unpaired) electrons. The van der Waals surface area contributed by atoms with E-state index in [1.807, 2.05) is 27.7 Å². The Morgan fingerprint density at radius 1 is 0.343 bits per heavy atom. The Hall–Kier alpha value is -11.2. The number of imidazole rings is 4. The van der Waals surface area contributed by atoms with Gasteiger partial charge in [0.15, 0.2) is 0 Å². The van der Waals surface area contributed by atoms with E-state index in [2.05, 4.69) is 159 Å². The number of hydrogen-bond donors (Lipinski definition) is 0. The second kappa shape index (κ2) is 50.4. The van der Waals surface area contributed by atoms with Gasteiger partial charge in [-0.3, -0.25) is 38.8 Å². The average Bonchev–Trinajstić information content (AvgIpc) is 1.67. The zero-order valence-electron chi connectivity index (χ0n) is 81.9. The van der Waals surface area contributed by atoms with Gasteiger partial charge in [0.1, 0.15) is 58.2 Å². The number of aromatic nitrogens is 8. The number of rotatable bonds is 36. The van der Waals surface area contributed by atoms with Crippen LogP contribution in [0.5, 0.6) is 0 Å². The third-order valence-electron chi connectivity index (χ3n) is 25.3. The fraction of sp³-hybridized carbons (Fsp3) is 0.481. The van der Waals surface area contributed by atoms with Gasteiger partial charge in [0, 0.05) is 129 Å². The van der Waals surface area contributed by atoms with Crippen molar-refractivity contribution >= 4 is 67.8 Å². The first-order chi connectivity index (χ1) is 66.3. The first kappa shape index (κ1) is 103. The minimum absolute atomic E-state index is 0.152. The Balaban J connectivity index is 0.000000154. The van der Waals surface area contributed by atoms with Crippen molar-refractivity contribution in [2.75, 3.05) is 118 Å². The van der Waals surface area contributed by atoms with Crippen LogP contribution in [0.3, 0.4) is 0 Å².